The molecule has 1 aromatic heterocycles. The van der Waals surface area contributed by atoms with E-state index in [0.29, 0.717) is 5.75 Å². The Bertz CT molecular complexity index is 878. The van der Waals surface area contributed by atoms with E-state index >= 15 is 0 Å². The Hall–Kier alpha value is -2.60. The molecule has 0 aromatic carbocycles. The molecular formula is C15H15N5O5S2. The number of thiazole rings is 1. The van der Waals surface area contributed by atoms with Crippen molar-refractivity contribution < 1.29 is 24.3 Å². The van der Waals surface area contributed by atoms with Crippen LogP contribution in [0.3, 0.4) is 0 Å². The third-order valence-corrected chi connectivity index (χ3v) is 6.01. The van der Waals surface area contributed by atoms with Crippen LogP contribution in [0.1, 0.15) is 18.5 Å². The zero-order chi connectivity index (χ0) is 19.1. The summed E-state index contributed by atoms with van der Waals surface area (Å²) in [6, 6.07) is -0.840. The first-order valence-corrected chi connectivity index (χ1v) is 10.0. The molecule has 1 aromatic rings. The number of carboxylic acids is 1. The van der Waals surface area contributed by atoms with Gasteiger partial charge < -0.3 is 21.0 Å². The third kappa shape index (κ3) is 3.37. The second-order valence-electron chi connectivity index (χ2n) is 6.09. The van der Waals surface area contributed by atoms with Crippen molar-refractivity contribution in [1.82, 2.24) is 15.2 Å². The number of anilines is 1. The van der Waals surface area contributed by atoms with E-state index in [0.717, 1.165) is 24.2 Å². The molecular weight excluding hydrogens is 394 g/mol. The summed E-state index contributed by atoms with van der Waals surface area (Å²) in [6.07, 6.45) is 3.21. The predicted molar refractivity (Wildman–Crippen MR) is 97.9 cm³/mol. The van der Waals surface area contributed by atoms with Crippen LogP contribution in [0, 0.1) is 0 Å². The number of carboxylic acid groups (broad SMARTS) is 1. The van der Waals surface area contributed by atoms with Gasteiger partial charge in [-0.2, -0.15) is 0 Å². The number of nitrogens with one attached hydrogen (secondary N) is 1. The minimum atomic E-state index is -1.17. The van der Waals surface area contributed by atoms with Gasteiger partial charge in [0.15, 0.2) is 10.8 Å². The van der Waals surface area contributed by atoms with Gasteiger partial charge in [-0.3, -0.25) is 14.5 Å². The number of amides is 2. The van der Waals surface area contributed by atoms with E-state index in [1.165, 1.54) is 22.7 Å². The number of nitrogens with zero attached hydrogens (tertiary/aromatic N) is 3. The van der Waals surface area contributed by atoms with Crippen LogP contribution in [0.15, 0.2) is 22.3 Å². The van der Waals surface area contributed by atoms with E-state index in [1.54, 1.807) is 5.38 Å². The maximum atomic E-state index is 12.7. The van der Waals surface area contributed by atoms with Gasteiger partial charge in [-0.1, -0.05) is 5.16 Å². The summed E-state index contributed by atoms with van der Waals surface area (Å²) in [5, 5.41) is 17.1. The van der Waals surface area contributed by atoms with E-state index in [2.05, 4.69) is 15.5 Å². The largest absolute Gasteiger partial charge is 0.477 e. The molecule has 2 amide bonds. The Balaban J connectivity index is 1.50. The van der Waals surface area contributed by atoms with Crippen LogP contribution in [0.25, 0.3) is 0 Å². The number of thioether (sulfide) groups is 1. The average Bonchev–Trinajstić information content (AvgIpc) is 3.38. The quantitative estimate of drug-likeness (QED) is 0.337. The van der Waals surface area contributed by atoms with Gasteiger partial charge >= 0.3 is 5.97 Å². The molecule has 3 heterocycles. The topological polar surface area (TPSA) is 147 Å². The highest BCUT2D eigenvalue weighted by atomic mass is 32.2. The second-order valence-corrected chi connectivity index (χ2v) is 8.13. The lowest BCUT2D eigenvalue weighted by Crippen LogP contribution is -2.70. The zero-order valence-electron chi connectivity index (χ0n) is 13.8. The van der Waals surface area contributed by atoms with Crippen LogP contribution >= 0.6 is 23.1 Å². The molecule has 2 atom stereocenters. The van der Waals surface area contributed by atoms with Gasteiger partial charge in [-0.15, -0.1) is 23.1 Å². The Labute approximate surface area is 161 Å². The van der Waals surface area contributed by atoms with Gasteiger partial charge in [-0.25, -0.2) is 9.78 Å². The van der Waals surface area contributed by atoms with E-state index < -0.39 is 29.2 Å². The zero-order valence-corrected chi connectivity index (χ0v) is 15.5. The average molecular weight is 409 g/mol. The van der Waals surface area contributed by atoms with Crippen molar-refractivity contribution in [3.05, 3.63) is 22.8 Å². The molecule has 2 fully saturated rings. The number of hydrogen-bond donors (Lipinski definition) is 3. The van der Waals surface area contributed by atoms with Crippen molar-refractivity contribution in [2.75, 3.05) is 11.5 Å². The molecule has 1 saturated carbocycles. The maximum Gasteiger partial charge on any atom is 0.352 e. The molecule has 0 spiro atoms. The summed E-state index contributed by atoms with van der Waals surface area (Å²) in [6.45, 7) is 0. The lowest BCUT2D eigenvalue weighted by atomic mass is 10.0. The van der Waals surface area contributed by atoms with E-state index in [-0.39, 0.29) is 28.3 Å². The molecule has 4 N–H and O–H groups in total. The fraction of sp³-hybridized carbons (Fsp3) is 0.400. The normalized spacial score (nSPS) is 24.6. The first kappa shape index (κ1) is 17.8. The standard InChI is InChI=1S/C15H15N5O5S2/c16-15-17-7(5-27-15)9(19-25-6-1-2-6)11(21)18-10-12(22)20-8(14(23)24)3-4-26-13(10)20/h3,5-6,10,13H,1-2,4H2,(H2,16,17)(H,18,21)(H,23,24)/b19-9+/t10-,13-/m1/s1. The van der Waals surface area contributed by atoms with Crippen molar-refractivity contribution in [3.63, 3.8) is 0 Å². The van der Waals surface area contributed by atoms with Crippen molar-refractivity contribution in [1.29, 1.82) is 0 Å². The van der Waals surface area contributed by atoms with E-state index in [4.69, 9.17) is 10.6 Å². The van der Waals surface area contributed by atoms with Gasteiger partial charge in [0, 0.05) is 11.1 Å². The number of rotatable bonds is 6. The van der Waals surface area contributed by atoms with Gasteiger partial charge in [0.05, 0.1) is 0 Å². The highest BCUT2D eigenvalue weighted by Gasteiger charge is 2.53. The highest BCUT2D eigenvalue weighted by molar-refractivity contribution is 8.00. The predicted octanol–water partition coefficient (Wildman–Crippen LogP) is -0.0232. The van der Waals surface area contributed by atoms with Crippen molar-refractivity contribution in [2.45, 2.75) is 30.4 Å². The molecule has 1 saturated heterocycles. The number of aliphatic carboxylic acids is 1. The lowest BCUT2D eigenvalue weighted by molar-refractivity contribution is -0.150. The number of β-lactam (4-membered cyclic amide) rings is 1. The number of aromatic nitrogens is 1. The van der Waals surface area contributed by atoms with Gasteiger partial charge in [0.25, 0.3) is 11.8 Å². The van der Waals surface area contributed by atoms with Crippen LogP contribution < -0.4 is 11.1 Å². The molecule has 12 heteroatoms. The van der Waals surface area contributed by atoms with Crippen LogP contribution in [0.4, 0.5) is 5.13 Å². The molecule has 0 radical (unpaired) electrons. The molecule has 27 heavy (non-hydrogen) atoms. The molecule has 3 aliphatic rings. The summed E-state index contributed by atoms with van der Waals surface area (Å²) < 4.78 is 0. The minimum Gasteiger partial charge on any atom is -0.477 e. The molecule has 10 nitrogen and oxygen atoms in total. The number of carbonyl (C=O) groups excluding carboxylic acids is 2. The smallest absolute Gasteiger partial charge is 0.352 e. The molecule has 142 valence electrons. The van der Waals surface area contributed by atoms with Crippen molar-refractivity contribution >= 4 is 51.7 Å². The molecule has 2 aliphatic heterocycles. The number of nitrogen functional groups attached to an aromatic ring is 1. The second kappa shape index (κ2) is 6.85. The molecule has 0 bridgehead atoms. The first-order chi connectivity index (χ1) is 13.0. The van der Waals surface area contributed by atoms with Crippen molar-refractivity contribution in [2.24, 2.45) is 5.16 Å². The number of nitrogens with two attached hydrogens (primary N) is 1. The van der Waals surface area contributed by atoms with Crippen LogP contribution in [0.5, 0.6) is 0 Å². The molecule has 0 unspecified atom stereocenters. The Kier molecular flexibility index (Phi) is 4.52. The fourth-order valence-electron chi connectivity index (χ4n) is 2.65. The van der Waals surface area contributed by atoms with Gasteiger partial charge in [0.1, 0.15) is 28.9 Å². The Morgan fingerprint density at radius 2 is 2.22 bits per heavy atom. The number of hydrogen-bond acceptors (Lipinski definition) is 9. The van der Waals surface area contributed by atoms with Gasteiger partial charge in [-0.05, 0) is 18.9 Å². The van der Waals surface area contributed by atoms with E-state index in [1.807, 2.05) is 0 Å². The van der Waals surface area contributed by atoms with Crippen molar-refractivity contribution in [3.8, 4) is 0 Å². The SMILES string of the molecule is Nc1nc(/C(=N\OC2CC2)C(=O)N[C@@H]2C(=O)N3C(C(=O)O)=CCS[C@H]23)cs1. The third-order valence-electron chi connectivity index (χ3n) is 4.15. The summed E-state index contributed by atoms with van der Waals surface area (Å²) in [7, 11) is 0. The monoisotopic (exact) mass is 409 g/mol. The van der Waals surface area contributed by atoms with Gasteiger partial charge in [0.2, 0.25) is 0 Å². The summed E-state index contributed by atoms with van der Waals surface area (Å²) in [5.74, 6) is -1.83. The summed E-state index contributed by atoms with van der Waals surface area (Å²) >= 11 is 2.53. The molecule has 1 aliphatic carbocycles. The maximum absolute atomic E-state index is 12.7. The summed E-state index contributed by atoms with van der Waals surface area (Å²) in [4.78, 5) is 46.9. The first-order valence-electron chi connectivity index (χ1n) is 8.10. The minimum absolute atomic E-state index is 0.0122. The lowest BCUT2D eigenvalue weighted by Gasteiger charge is -2.48. The van der Waals surface area contributed by atoms with Crippen LogP contribution in [-0.2, 0) is 19.2 Å². The molecule has 4 rings (SSSR count). The Morgan fingerprint density at radius 3 is 2.85 bits per heavy atom. The highest BCUT2D eigenvalue weighted by Crippen LogP contribution is 2.37. The number of oxime groups is 1. The summed E-state index contributed by atoms with van der Waals surface area (Å²) in [5.41, 5.74) is 5.77. The van der Waals surface area contributed by atoms with Crippen LogP contribution in [0.2, 0.25) is 0 Å². The Morgan fingerprint density at radius 1 is 1.44 bits per heavy atom. The fourth-order valence-corrected chi connectivity index (χ4v) is 4.39. The number of carbonyl (C=O) groups is 3. The number of fused-ring (bicyclic) bond motifs is 1. The van der Waals surface area contributed by atoms with E-state index in [9.17, 15) is 19.5 Å². The van der Waals surface area contributed by atoms with Crippen LogP contribution in [-0.4, -0.2) is 61.8 Å².